The summed E-state index contributed by atoms with van der Waals surface area (Å²) >= 11 is 0. The third kappa shape index (κ3) is 3.28. The Hall–Kier alpha value is -1.39. The van der Waals surface area contributed by atoms with Crippen molar-refractivity contribution in [2.75, 3.05) is 19.6 Å². The van der Waals surface area contributed by atoms with Crippen LogP contribution in [0.3, 0.4) is 0 Å². The number of carbonyl (C=O) groups excluding carboxylic acids is 1. The molecule has 17 heavy (non-hydrogen) atoms. The highest BCUT2D eigenvalue weighted by Crippen LogP contribution is 2.12. The summed E-state index contributed by atoms with van der Waals surface area (Å²) in [6.07, 6.45) is 1.01. The summed E-state index contributed by atoms with van der Waals surface area (Å²) in [7, 11) is 0. The van der Waals surface area contributed by atoms with Gasteiger partial charge in [-0.2, -0.15) is 0 Å². The average molecular weight is 233 g/mol. The number of nitrogens with one attached hydrogen (secondary N) is 1. The van der Waals surface area contributed by atoms with Crippen LogP contribution in [0.25, 0.3) is 0 Å². The Bertz CT molecular complexity index is 392. The van der Waals surface area contributed by atoms with Crippen LogP contribution in [0.4, 0.5) is 0 Å². The molecule has 1 aromatic carbocycles. The zero-order valence-electron chi connectivity index (χ0n) is 9.98. The van der Waals surface area contributed by atoms with Crippen molar-refractivity contribution in [3.63, 3.8) is 0 Å². The van der Waals surface area contributed by atoms with Gasteiger partial charge in [0.25, 0.3) is 0 Å². The van der Waals surface area contributed by atoms with Crippen LogP contribution in [-0.4, -0.2) is 30.4 Å². The number of benzene rings is 1. The third-order valence-corrected chi connectivity index (χ3v) is 3.07. The van der Waals surface area contributed by atoms with Gasteiger partial charge in [0.2, 0.25) is 5.91 Å². The molecule has 3 N–H and O–H groups in total. The molecule has 92 valence electrons. The van der Waals surface area contributed by atoms with E-state index in [1.807, 2.05) is 18.2 Å². The van der Waals surface area contributed by atoms with Crippen LogP contribution in [0.15, 0.2) is 24.3 Å². The van der Waals surface area contributed by atoms with E-state index >= 15 is 0 Å². The number of nitrogens with zero attached hydrogens (tertiary/aromatic N) is 1. The van der Waals surface area contributed by atoms with Gasteiger partial charge in [-0.3, -0.25) is 9.69 Å². The largest absolute Gasteiger partial charge is 0.355 e. The Morgan fingerprint density at radius 3 is 2.82 bits per heavy atom. The van der Waals surface area contributed by atoms with Crippen molar-refractivity contribution >= 4 is 5.91 Å². The Kier molecular flexibility index (Phi) is 4.12. The lowest BCUT2D eigenvalue weighted by molar-refractivity contribution is -0.121. The first-order valence-electron chi connectivity index (χ1n) is 6.05. The van der Waals surface area contributed by atoms with E-state index in [-0.39, 0.29) is 5.91 Å². The Labute approximate surface area is 102 Å². The number of rotatable bonds is 3. The Morgan fingerprint density at radius 1 is 1.29 bits per heavy atom. The number of hydrogen-bond donors (Lipinski definition) is 2. The zero-order chi connectivity index (χ0) is 12.1. The molecular weight excluding hydrogens is 214 g/mol. The predicted octanol–water partition coefficient (Wildman–Crippen LogP) is 0.467. The summed E-state index contributed by atoms with van der Waals surface area (Å²) < 4.78 is 0. The summed E-state index contributed by atoms with van der Waals surface area (Å²) in [6.45, 7) is 3.58. The molecule has 0 radical (unpaired) electrons. The molecule has 0 saturated carbocycles. The van der Waals surface area contributed by atoms with Crippen LogP contribution in [0.5, 0.6) is 0 Å². The van der Waals surface area contributed by atoms with E-state index in [0.717, 1.165) is 31.6 Å². The summed E-state index contributed by atoms with van der Waals surface area (Å²) in [4.78, 5) is 13.6. The highest BCUT2D eigenvalue weighted by Gasteiger charge is 2.15. The standard InChI is InChI=1S/C13H19N3O/c14-8-11-4-1-2-5-12(11)9-16-7-3-6-15-13(17)10-16/h1-2,4-5H,3,6-10,14H2,(H,15,17). The lowest BCUT2D eigenvalue weighted by Gasteiger charge is -2.20. The van der Waals surface area contributed by atoms with Gasteiger partial charge in [-0.25, -0.2) is 0 Å². The molecular formula is C13H19N3O. The van der Waals surface area contributed by atoms with Crippen LogP contribution in [0.1, 0.15) is 17.5 Å². The molecule has 1 aromatic rings. The summed E-state index contributed by atoms with van der Waals surface area (Å²) in [6, 6.07) is 8.16. The minimum Gasteiger partial charge on any atom is -0.355 e. The quantitative estimate of drug-likeness (QED) is 0.798. The fourth-order valence-electron chi connectivity index (χ4n) is 2.16. The normalized spacial score (nSPS) is 17.6. The SMILES string of the molecule is NCc1ccccc1CN1CCCNC(=O)C1. The molecule has 0 atom stereocenters. The highest BCUT2D eigenvalue weighted by atomic mass is 16.2. The van der Waals surface area contributed by atoms with Crippen LogP contribution in [-0.2, 0) is 17.9 Å². The lowest BCUT2D eigenvalue weighted by atomic mass is 10.1. The van der Waals surface area contributed by atoms with Gasteiger partial charge in [0.1, 0.15) is 0 Å². The number of hydrogen-bond acceptors (Lipinski definition) is 3. The average Bonchev–Trinajstić information content (AvgIpc) is 2.54. The molecule has 2 rings (SSSR count). The second-order valence-corrected chi connectivity index (χ2v) is 4.39. The minimum absolute atomic E-state index is 0.118. The van der Waals surface area contributed by atoms with Gasteiger partial charge in [0.05, 0.1) is 6.54 Å². The van der Waals surface area contributed by atoms with E-state index in [1.165, 1.54) is 5.56 Å². The van der Waals surface area contributed by atoms with Gasteiger partial charge in [0.15, 0.2) is 0 Å². The maximum Gasteiger partial charge on any atom is 0.234 e. The van der Waals surface area contributed by atoms with Crippen molar-refractivity contribution < 1.29 is 4.79 Å². The van der Waals surface area contributed by atoms with Crippen molar-refractivity contribution in [1.29, 1.82) is 0 Å². The van der Waals surface area contributed by atoms with Crippen LogP contribution < -0.4 is 11.1 Å². The van der Waals surface area contributed by atoms with Gasteiger partial charge in [-0.15, -0.1) is 0 Å². The number of nitrogens with two attached hydrogens (primary N) is 1. The fraction of sp³-hybridized carbons (Fsp3) is 0.462. The van der Waals surface area contributed by atoms with Gasteiger partial charge < -0.3 is 11.1 Å². The maximum absolute atomic E-state index is 11.5. The number of amides is 1. The van der Waals surface area contributed by atoms with E-state index < -0.39 is 0 Å². The van der Waals surface area contributed by atoms with Gasteiger partial charge >= 0.3 is 0 Å². The molecule has 0 bridgehead atoms. The van der Waals surface area contributed by atoms with Crippen LogP contribution in [0, 0.1) is 0 Å². The molecule has 4 nitrogen and oxygen atoms in total. The first kappa shape index (κ1) is 12.1. The molecule has 0 aliphatic carbocycles. The Morgan fingerprint density at radius 2 is 2.06 bits per heavy atom. The second kappa shape index (κ2) is 5.80. The van der Waals surface area contributed by atoms with Gasteiger partial charge in [-0.05, 0) is 17.5 Å². The van der Waals surface area contributed by atoms with Crippen molar-refractivity contribution in [3.8, 4) is 0 Å². The summed E-state index contributed by atoms with van der Waals surface area (Å²) in [5, 5.41) is 2.88. The first-order valence-corrected chi connectivity index (χ1v) is 6.05. The number of carbonyl (C=O) groups is 1. The molecule has 1 heterocycles. The highest BCUT2D eigenvalue weighted by molar-refractivity contribution is 5.78. The van der Waals surface area contributed by atoms with Crippen molar-refractivity contribution in [1.82, 2.24) is 10.2 Å². The van der Waals surface area contributed by atoms with E-state index in [4.69, 9.17) is 5.73 Å². The lowest BCUT2D eigenvalue weighted by Crippen LogP contribution is -2.33. The second-order valence-electron chi connectivity index (χ2n) is 4.39. The molecule has 1 fully saturated rings. The van der Waals surface area contributed by atoms with Crippen molar-refractivity contribution in [2.45, 2.75) is 19.5 Å². The minimum atomic E-state index is 0.118. The molecule has 1 aliphatic rings. The topological polar surface area (TPSA) is 58.4 Å². The molecule has 1 amide bonds. The molecule has 4 heteroatoms. The van der Waals surface area contributed by atoms with E-state index in [1.54, 1.807) is 0 Å². The molecule has 1 saturated heterocycles. The monoisotopic (exact) mass is 233 g/mol. The van der Waals surface area contributed by atoms with E-state index in [0.29, 0.717) is 13.1 Å². The summed E-state index contributed by atoms with van der Waals surface area (Å²) in [5.41, 5.74) is 8.11. The van der Waals surface area contributed by atoms with Crippen LogP contribution >= 0.6 is 0 Å². The van der Waals surface area contributed by atoms with Crippen molar-refractivity contribution in [3.05, 3.63) is 35.4 Å². The summed E-state index contributed by atoms with van der Waals surface area (Å²) in [5.74, 6) is 0.118. The van der Waals surface area contributed by atoms with Crippen molar-refractivity contribution in [2.24, 2.45) is 5.73 Å². The predicted molar refractivity (Wildman–Crippen MR) is 67.2 cm³/mol. The van der Waals surface area contributed by atoms with Crippen LogP contribution in [0.2, 0.25) is 0 Å². The van der Waals surface area contributed by atoms with Gasteiger partial charge in [-0.1, -0.05) is 24.3 Å². The Balaban J connectivity index is 2.06. The molecule has 0 unspecified atom stereocenters. The zero-order valence-corrected chi connectivity index (χ0v) is 9.98. The smallest absolute Gasteiger partial charge is 0.234 e. The molecule has 1 aliphatic heterocycles. The third-order valence-electron chi connectivity index (χ3n) is 3.07. The van der Waals surface area contributed by atoms with Gasteiger partial charge in [0, 0.05) is 26.2 Å². The van der Waals surface area contributed by atoms with E-state index in [2.05, 4.69) is 16.3 Å². The molecule has 0 aromatic heterocycles. The molecule has 0 spiro atoms. The fourth-order valence-corrected chi connectivity index (χ4v) is 2.16. The maximum atomic E-state index is 11.5. The van der Waals surface area contributed by atoms with E-state index in [9.17, 15) is 4.79 Å². The first-order chi connectivity index (χ1) is 8.29.